The Kier molecular flexibility index (Phi) is 6.89. The summed E-state index contributed by atoms with van der Waals surface area (Å²) in [6.07, 6.45) is 15.2. The number of nitrogens with one attached hydrogen (secondary N) is 4. The Morgan fingerprint density at radius 2 is 1.40 bits per heavy atom. The molecule has 0 bridgehead atoms. The van der Waals surface area contributed by atoms with Gasteiger partial charge < -0.3 is 15.0 Å². The Labute approximate surface area is 203 Å². The lowest BCUT2D eigenvalue weighted by Gasteiger charge is -1.98. The number of hydrazone groups is 2. The van der Waals surface area contributed by atoms with E-state index in [0.717, 1.165) is 54.2 Å². The molecule has 2 aliphatic heterocycles. The second kappa shape index (κ2) is 10.9. The van der Waals surface area contributed by atoms with Crippen molar-refractivity contribution in [2.75, 3.05) is 26.2 Å². The first-order valence-corrected chi connectivity index (χ1v) is 11.4. The average Bonchev–Trinajstić information content (AvgIpc) is 3.66. The van der Waals surface area contributed by atoms with E-state index in [4.69, 9.17) is 4.98 Å². The molecular weight excluding hydrogens is 440 g/mol. The molecular formula is C25H26N10. The molecule has 176 valence electrons. The van der Waals surface area contributed by atoms with Crippen molar-refractivity contribution >= 4 is 42.1 Å². The summed E-state index contributed by atoms with van der Waals surface area (Å²) in [6.45, 7) is 3.27. The number of hydrogen-bond donors (Lipinski definition) is 4. The summed E-state index contributed by atoms with van der Waals surface area (Å²) in [5.41, 5.74) is 10.8. The second-order valence-corrected chi connectivity index (χ2v) is 7.79. The number of aliphatic imine (C=N–C) groups is 2. The van der Waals surface area contributed by atoms with Gasteiger partial charge in [-0.1, -0.05) is 36.4 Å². The van der Waals surface area contributed by atoms with E-state index in [-0.39, 0.29) is 0 Å². The van der Waals surface area contributed by atoms with E-state index < -0.39 is 0 Å². The van der Waals surface area contributed by atoms with Crippen LogP contribution in [0.25, 0.3) is 29.1 Å². The maximum Gasteiger partial charge on any atom is 0.212 e. The third-order valence-corrected chi connectivity index (χ3v) is 5.27. The van der Waals surface area contributed by atoms with Gasteiger partial charge in [0.1, 0.15) is 5.65 Å². The molecule has 1 aromatic carbocycles. The van der Waals surface area contributed by atoms with E-state index in [1.54, 1.807) is 12.4 Å². The molecule has 0 radical (unpaired) electrons. The normalized spacial score (nSPS) is 15.9. The lowest BCUT2D eigenvalue weighted by molar-refractivity contribution is 0.920. The number of pyridine rings is 1. The van der Waals surface area contributed by atoms with E-state index in [1.807, 2.05) is 53.2 Å². The SMILES string of the molecule is C(/C=C/c1ccc(-c2cn3cc(/C=C/C=NNC4=NCCN4)ccc3n2)cc1)=NNC1=NCCN1. The number of guanidine groups is 2. The van der Waals surface area contributed by atoms with Crippen molar-refractivity contribution in [3.05, 3.63) is 72.1 Å². The molecule has 0 unspecified atom stereocenters. The van der Waals surface area contributed by atoms with Gasteiger partial charge in [-0.15, -0.1) is 0 Å². The quantitative estimate of drug-likeness (QED) is 0.315. The van der Waals surface area contributed by atoms with Gasteiger partial charge in [-0.2, -0.15) is 10.2 Å². The minimum atomic E-state index is 0.709. The largest absolute Gasteiger partial charge is 0.353 e. The molecule has 0 saturated heterocycles. The van der Waals surface area contributed by atoms with E-state index in [9.17, 15) is 0 Å². The fourth-order valence-corrected chi connectivity index (χ4v) is 3.55. The smallest absolute Gasteiger partial charge is 0.212 e. The van der Waals surface area contributed by atoms with Crippen molar-refractivity contribution in [3.8, 4) is 11.3 Å². The number of hydrogen-bond acceptors (Lipinski definition) is 9. The average molecular weight is 467 g/mol. The summed E-state index contributed by atoms with van der Waals surface area (Å²) in [5, 5.41) is 14.4. The minimum Gasteiger partial charge on any atom is -0.353 e. The molecule has 0 saturated carbocycles. The fraction of sp³-hybridized carbons (Fsp3) is 0.160. The van der Waals surface area contributed by atoms with Crippen LogP contribution < -0.4 is 21.5 Å². The van der Waals surface area contributed by atoms with E-state index in [1.165, 1.54) is 0 Å². The second-order valence-electron chi connectivity index (χ2n) is 7.79. The first-order chi connectivity index (χ1) is 17.3. The molecule has 0 amide bonds. The highest BCUT2D eigenvalue weighted by atomic mass is 15.4. The van der Waals surface area contributed by atoms with Gasteiger partial charge in [0.05, 0.1) is 18.8 Å². The van der Waals surface area contributed by atoms with Gasteiger partial charge in [-0.3, -0.25) is 0 Å². The summed E-state index contributed by atoms with van der Waals surface area (Å²) in [7, 11) is 0. The lowest BCUT2D eigenvalue weighted by Crippen LogP contribution is -2.29. The third kappa shape index (κ3) is 5.99. The number of benzene rings is 1. The maximum atomic E-state index is 4.75. The molecule has 0 spiro atoms. The summed E-state index contributed by atoms with van der Waals surface area (Å²) in [5.74, 6) is 1.42. The van der Waals surface area contributed by atoms with Crippen LogP contribution in [0.3, 0.4) is 0 Å². The van der Waals surface area contributed by atoms with Gasteiger partial charge in [0, 0.05) is 43.5 Å². The molecule has 0 fully saturated rings. The number of aromatic nitrogens is 2. The van der Waals surface area contributed by atoms with Crippen LogP contribution in [0.15, 0.2) is 81.1 Å². The molecule has 4 N–H and O–H groups in total. The van der Waals surface area contributed by atoms with Crippen molar-refractivity contribution in [1.29, 1.82) is 0 Å². The number of rotatable bonds is 7. The number of fused-ring (bicyclic) bond motifs is 1. The van der Waals surface area contributed by atoms with Crippen LogP contribution in [0, 0.1) is 0 Å². The minimum absolute atomic E-state index is 0.709. The van der Waals surface area contributed by atoms with Crippen LogP contribution in [-0.2, 0) is 0 Å². The van der Waals surface area contributed by atoms with Crippen LogP contribution in [-0.4, -0.2) is 59.9 Å². The van der Waals surface area contributed by atoms with Crippen LogP contribution in [0.1, 0.15) is 11.1 Å². The first-order valence-electron chi connectivity index (χ1n) is 11.4. The molecule has 3 aromatic rings. The first kappa shape index (κ1) is 22.1. The highest BCUT2D eigenvalue weighted by Gasteiger charge is 2.05. The number of allylic oxidation sites excluding steroid dienone is 2. The summed E-state index contributed by atoms with van der Waals surface area (Å²) < 4.78 is 2.03. The topological polar surface area (TPSA) is 115 Å². The van der Waals surface area contributed by atoms with E-state index in [2.05, 4.69) is 65.9 Å². The number of nitrogens with zero attached hydrogens (tertiary/aromatic N) is 6. The van der Waals surface area contributed by atoms with Crippen molar-refractivity contribution in [3.63, 3.8) is 0 Å². The Morgan fingerprint density at radius 1 is 0.771 bits per heavy atom. The van der Waals surface area contributed by atoms with Crippen LogP contribution in [0.5, 0.6) is 0 Å². The van der Waals surface area contributed by atoms with Gasteiger partial charge in [0.25, 0.3) is 0 Å². The zero-order valence-electron chi connectivity index (χ0n) is 19.1. The molecule has 5 rings (SSSR count). The molecule has 35 heavy (non-hydrogen) atoms. The Balaban J connectivity index is 1.18. The van der Waals surface area contributed by atoms with Gasteiger partial charge in [0.2, 0.25) is 11.9 Å². The van der Waals surface area contributed by atoms with Crippen molar-refractivity contribution in [1.82, 2.24) is 30.9 Å². The highest BCUT2D eigenvalue weighted by Crippen LogP contribution is 2.21. The van der Waals surface area contributed by atoms with Crippen LogP contribution in [0.2, 0.25) is 0 Å². The molecule has 0 atom stereocenters. The van der Waals surface area contributed by atoms with Gasteiger partial charge in [-0.25, -0.2) is 25.8 Å². The monoisotopic (exact) mass is 466 g/mol. The van der Waals surface area contributed by atoms with Gasteiger partial charge in [0.15, 0.2) is 0 Å². The van der Waals surface area contributed by atoms with Crippen molar-refractivity contribution < 1.29 is 0 Å². The zero-order valence-corrected chi connectivity index (χ0v) is 19.1. The number of imidazole rings is 1. The van der Waals surface area contributed by atoms with Crippen molar-refractivity contribution in [2.24, 2.45) is 20.2 Å². The predicted octanol–water partition coefficient (Wildman–Crippen LogP) is 2.10. The standard InChI is InChI=1S/C25H26N10/c1(11-30-33-24-26-13-14-27-24)3-19-5-8-21(9-6-19)22-18-35-17-20(7-10-23(35)32-22)4-2-12-31-34-25-28-15-16-29-25/h1-12,17-18H,13-16H2,(H2,26,27,33)(H2,28,29,34)/b3-1+,4-2+,30-11?,31-12?. The van der Waals surface area contributed by atoms with Crippen LogP contribution in [0.4, 0.5) is 0 Å². The Morgan fingerprint density at radius 3 is 2.03 bits per heavy atom. The molecule has 0 aliphatic carbocycles. The third-order valence-electron chi connectivity index (χ3n) is 5.27. The maximum absolute atomic E-state index is 4.75. The fourth-order valence-electron chi connectivity index (χ4n) is 3.55. The Bertz CT molecular complexity index is 1340. The van der Waals surface area contributed by atoms with Crippen LogP contribution >= 0.6 is 0 Å². The zero-order chi connectivity index (χ0) is 23.7. The Hall–Kier alpha value is -4.73. The van der Waals surface area contributed by atoms with E-state index >= 15 is 0 Å². The van der Waals surface area contributed by atoms with Crippen molar-refractivity contribution in [2.45, 2.75) is 0 Å². The predicted molar refractivity (Wildman–Crippen MR) is 143 cm³/mol. The molecule has 10 nitrogen and oxygen atoms in total. The lowest BCUT2D eigenvalue weighted by atomic mass is 10.1. The van der Waals surface area contributed by atoms with Gasteiger partial charge in [-0.05, 0) is 35.4 Å². The molecule has 4 heterocycles. The summed E-state index contributed by atoms with van der Waals surface area (Å²) in [6, 6.07) is 12.3. The van der Waals surface area contributed by atoms with Gasteiger partial charge >= 0.3 is 0 Å². The highest BCUT2D eigenvalue weighted by molar-refractivity contribution is 5.85. The molecule has 2 aromatic heterocycles. The summed E-state index contributed by atoms with van der Waals surface area (Å²) in [4.78, 5) is 13.2. The van der Waals surface area contributed by atoms with E-state index in [0.29, 0.717) is 11.9 Å². The summed E-state index contributed by atoms with van der Waals surface area (Å²) >= 11 is 0. The molecule has 2 aliphatic rings. The molecule has 10 heteroatoms.